The van der Waals surface area contributed by atoms with Crippen molar-refractivity contribution < 1.29 is 41.5 Å². The van der Waals surface area contributed by atoms with Gasteiger partial charge in [-0.1, -0.05) is 24.3 Å². The summed E-state index contributed by atoms with van der Waals surface area (Å²) in [5, 5.41) is 11.1. The van der Waals surface area contributed by atoms with Crippen LogP contribution in [0.1, 0.15) is 29.5 Å². The number of alkyl halides is 3. The van der Waals surface area contributed by atoms with E-state index in [-0.39, 0.29) is 12.1 Å². The van der Waals surface area contributed by atoms with Gasteiger partial charge in [0, 0.05) is 31.8 Å². The zero-order valence-electron chi connectivity index (χ0n) is 18.9. The molecule has 0 N–H and O–H groups in total. The molecule has 0 saturated carbocycles. The van der Waals surface area contributed by atoms with E-state index in [1.165, 1.54) is 0 Å². The van der Waals surface area contributed by atoms with E-state index in [2.05, 4.69) is 4.74 Å². The number of nitro benzene ring substituents is 1. The molecule has 2 aliphatic heterocycles. The molecule has 2 heterocycles. The number of ether oxygens (including phenoxy) is 2. The second-order valence-corrected chi connectivity index (χ2v) is 8.88. The van der Waals surface area contributed by atoms with Crippen LogP contribution in [-0.2, 0) is 37.7 Å². The fourth-order valence-corrected chi connectivity index (χ4v) is 4.76. The molecule has 2 aromatic carbocycles. The lowest BCUT2D eigenvalue weighted by atomic mass is 9.83. The highest BCUT2D eigenvalue weighted by Gasteiger charge is 2.45. The van der Waals surface area contributed by atoms with Gasteiger partial charge >= 0.3 is 18.1 Å². The Morgan fingerprint density at radius 3 is 2.53 bits per heavy atom. The standard InChI is InChI=1S/C24H22F4N2O6/c25-20-6-5-18(30(33)34)12-16(20)11-17(21(31)36-22(32)24(26,27)28)13-29-9-7-23(8-10-29)19-4-2-1-3-15(19)14-35-23/h1-6,12,17H,7-11,13-14H2. The molecular weight excluding hydrogens is 488 g/mol. The first-order valence-electron chi connectivity index (χ1n) is 11.2. The molecule has 0 aromatic heterocycles. The number of halogens is 4. The van der Waals surface area contributed by atoms with E-state index >= 15 is 0 Å². The first-order valence-corrected chi connectivity index (χ1v) is 11.2. The van der Waals surface area contributed by atoms with Crippen molar-refractivity contribution in [3.63, 3.8) is 0 Å². The summed E-state index contributed by atoms with van der Waals surface area (Å²) in [6.07, 6.45) is -4.77. The van der Waals surface area contributed by atoms with Gasteiger partial charge in [0.25, 0.3) is 5.69 Å². The lowest BCUT2D eigenvalue weighted by Gasteiger charge is -2.40. The lowest BCUT2D eigenvalue weighted by Crippen LogP contribution is -2.46. The van der Waals surface area contributed by atoms with E-state index in [4.69, 9.17) is 4.74 Å². The summed E-state index contributed by atoms with van der Waals surface area (Å²) >= 11 is 0. The lowest BCUT2D eigenvalue weighted by molar-refractivity contribution is -0.385. The Hall–Kier alpha value is -3.38. The highest BCUT2D eigenvalue weighted by molar-refractivity contribution is 5.89. The Balaban J connectivity index is 1.51. The van der Waals surface area contributed by atoms with Crippen molar-refractivity contribution in [1.82, 2.24) is 4.90 Å². The number of likely N-dealkylation sites (tertiary alicyclic amines) is 1. The zero-order valence-corrected chi connectivity index (χ0v) is 18.9. The van der Waals surface area contributed by atoms with E-state index in [1.807, 2.05) is 24.3 Å². The maximum atomic E-state index is 14.4. The molecule has 0 radical (unpaired) electrons. The summed E-state index contributed by atoms with van der Waals surface area (Å²) in [7, 11) is 0. The minimum Gasteiger partial charge on any atom is -0.386 e. The molecule has 0 bridgehead atoms. The van der Waals surface area contributed by atoms with Crippen molar-refractivity contribution in [3.05, 3.63) is 75.1 Å². The number of hydrogen-bond donors (Lipinski definition) is 0. The molecule has 36 heavy (non-hydrogen) atoms. The average molecular weight is 510 g/mol. The monoisotopic (exact) mass is 510 g/mol. The molecular formula is C24H22F4N2O6. The number of nitro groups is 1. The van der Waals surface area contributed by atoms with Crippen molar-refractivity contribution in [3.8, 4) is 0 Å². The van der Waals surface area contributed by atoms with Crippen LogP contribution in [0.3, 0.4) is 0 Å². The number of fused-ring (bicyclic) bond motifs is 2. The van der Waals surface area contributed by atoms with Crippen molar-refractivity contribution in [2.24, 2.45) is 5.92 Å². The first kappa shape index (κ1) is 25.7. The average Bonchev–Trinajstić information content (AvgIpc) is 3.18. The molecule has 4 rings (SSSR count). The van der Waals surface area contributed by atoms with Crippen LogP contribution in [0.5, 0.6) is 0 Å². The number of benzene rings is 2. The predicted molar refractivity (Wildman–Crippen MR) is 116 cm³/mol. The fraction of sp³-hybridized carbons (Fsp3) is 0.417. The van der Waals surface area contributed by atoms with Crippen LogP contribution >= 0.6 is 0 Å². The quantitative estimate of drug-likeness (QED) is 0.190. The summed E-state index contributed by atoms with van der Waals surface area (Å²) in [5.74, 6) is -6.40. The Bertz CT molecular complexity index is 1180. The number of piperidine rings is 1. The number of carbonyl (C=O) groups excluding carboxylic acids is 2. The summed E-state index contributed by atoms with van der Waals surface area (Å²) in [5.41, 5.74) is 0.977. The van der Waals surface area contributed by atoms with Gasteiger partial charge in [-0.25, -0.2) is 9.18 Å². The van der Waals surface area contributed by atoms with Crippen LogP contribution < -0.4 is 0 Å². The normalized spacial score (nSPS) is 18.0. The number of hydrogen-bond acceptors (Lipinski definition) is 7. The molecule has 0 amide bonds. The van der Waals surface area contributed by atoms with Crippen molar-refractivity contribution in [2.75, 3.05) is 19.6 Å². The smallest absolute Gasteiger partial charge is 0.386 e. The van der Waals surface area contributed by atoms with Crippen LogP contribution in [0.15, 0.2) is 42.5 Å². The van der Waals surface area contributed by atoms with Gasteiger partial charge in [0.2, 0.25) is 0 Å². The number of carbonyl (C=O) groups is 2. The third kappa shape index (κ3) is 5.39. The second kappa shape index (κ2) is 9.94. The van der Waals surface area contributed by atoms with Crippen LogP contribution in [0.2, 0.25) is 0 Å². The molecule has 1 saturated heterocycles. The van der Waals surface area contributed by atoms with Crippen LogP contribution in [0.25, 0.3) is 0 Å². The van der Waals surface area contributed by atoms with E-state index in [0.717, 1.165) is 29.3 Å². The maximum Gasteiger partial charge on any atom is 0.491 e. The van der Waals surface area contributed by atoms with E-state index in [9.17, 15) is 37.3 Å². The molecule has 192 valence electrons. The number of non-ortho nitro benzene ring substituents is 1. The van der Waals surface area contributed by atoms with Crippen molar-refractivity contribution in [2.45, 2.75) is 37.6 Å². The SMILES string of the molecule is O=C(OC(=O)C(F)(F)F)C(Cc1cc([N+](=O)[O-])ccc1F)CN1CCC2(CC1)OCc1ccccc12. The highest BCUT2D eigenvalue weighted by Crippen LogP contribution is 2.44. The molecule has 8 nitrogen and oxygen atoms in total. The van der Waals surface area contributed by atoms with Gasteiger partial charge in [0.1, 0.15) is 5.82 Å². The molecule has 1 spiro atoms. The van der Waals surface area contributed by atoms with E-state index in [0.29, 0.717) is 32.5 Å². The van der Waals surface area contributed by atoms with Gasteiger partial charge in [-0.2, -0.15) is 13.2 Å². The minimum absolute atomic E-state index is 0.135. The summed E-state index contributed by atoms with van der Waals surface area (Å²) in [6, 6.07) is 10.5. The third-order valence-electron chi connectivity index (χ3n) is 6.62. The van der Waals surface area contributed by atoms with Gasteiger partial charge in [-0.3, -0.25) is 14.9 Å². The second-order valence-electron chi connectivity index (χ2n) is 8.88. The van der Waals surface area contributed by atoms with Gasteiger partial charge in [-0.05, 0) is 42.0 Å². The summed E-state index contributed by atoms with van der Waals surface area (Å²) < 4.78 is 62.5. The highest BCUT2D eigenvalue weighted by atomic mass is 19.4. The fourth-order valence-electron chi connectivity index (χ4n) is 4.76. The predicted octanol–water partition coefficient (Wildman–Crippen LogP) is 4.05. The Kier molecular flexibility index (Phi) is 7.10. The Morgan fingerprint density at radius 2 is 1.86 bits per heavy atom. The van der Waals surface area contributed by atoms with Crippen molar-refractivity contribution in [1.29, 1.82) is 0 Å². The van der Waals surface area contributed by atoms with Gasteiger partial charge in [0.05, 0.1) is 23.0 Å². The van der Waals surface area contributed by atoms with Gasteiger partial charge < -0.3 is 14.4 Å². The van der Waals surface area contributed by atoms with Crippen LogP contribution in [-0.4, -0.2) is 47.6 Å². The van der Waals surface area contributed by atoms with Crippen LogP contribution in [0.4, 0.5) is 23.2 Å². The molecule has 0 aliphatic carbocycles. The summed E-state index contributed by atoms with van der Waals surface area (Å²) in [4.78, 5) is 35.9. The van der Waals surface area contributed by atoms with E-state index < -0.39 is 52.5 Å². The topological polar surface area (TPSA) is 99.0 Å². The molecule has 1 unspecified atom stereocenters. The molecule has 2 aromatic rings. The molecule has 1 fully saturated rings. The number of nitrogens with zero attached hydrogens (tertiary/aromatic N) is 2. The Morgan fingerprint density at radius 1 is 1.17 bits per heavy atom. The van der Waals surface area contributed by atoms with E-state index in [1.54, 1.807) is 4.90 Å². The zero-order chi connectivity index (χ0) is 26.1. The Labute approximate surface area is 202 Å². The molecule has 1 atom stereocenters. The maximum absolute atomic E-state index is 14.4. The summed E-state index contributed by atoms with van der Waals surface area (Å²) in [6.45, 7) is 1.17. The molecule has 12 heteroatoms. The van der Waals surface area contributed by atoms with Gasteiger partial charge in [0.15, 0.2) is 0 Å². The van der Waals surface area contributed by atoms with Crippen molar-refractivity contribution >= 4 is 17.6 Å². The molecule has 2 aliphatic rings. The van der Waals surface area contributed by atoms with Gasteiger partial charge in [-0.15, -0.1) is 0 Å². The number of rotatable bonds is 6. The minimum atomic E-state index is -5.39. The van der Waals surface area contributed by atoms with Crippen LogP contribution in [0, 0.1) is 21.8 Å². The first-order chi connectivity index (χ1) is 17.0. The largest absolute Gasteiger partial charge is 0.491 e. The number of esters is 2. The third-order valence-corrected chi connectivity index (χ3v) is 6.62.